The van der Waals surface area contributed by atoms with Crippen LogP contribution < -0.4 is 30.4 Å². The molecule has 0 radical (unpaired) electrons. The summed E-state index contributed by atoms with van der Waals surface area (Å²) in [7, 11) is 2.87. The van der Waals surface area contributed by atoms with Crippen LogP contribution in [0.4, 0.5) is 0 Å². The third-order valence-corrected chi connectivity index (χ3v) is 7.18. The van der Waals surface area contributed by atoms with E-state index in [4.69, 9.17) is 30.4 Å². The highest BCUT2D eigenvalue weighted by atomic mass is 16.6. The maximum atomic E-state index is 12.6. The van der Waals surface area contributed by atoms with E-state index >= 15 is 0 Å². The van der Waals surface area contributed by atoms with Gasteiger partial charge in [0, 0.05) is 6.08 Å². The minimum Gasteiger partial charge on any atom is -0.508 e. The number of hydrogen-bond acceptors (Lipinski definition) is 10. The molecule has 0 bridgehead atoms. The van der Waals surface area contributed by atoms with Gasteiger partial charge in [0.2, 0.25) is 0 Å². The van der Waals surface area contributed by atoms with Crippen LogP contribution in [0.25, 0.3) is 12.2 Å². The number of allylic oxidation sites excluding steroid dienone is 3. The third kappa shape index (κ3) is 11.1. The lowest BCUT2D eigenvalue weighted by Crippen LogP contribution is -2.36. The van der Waals surface area contributed by atoms with Crippen molar-refractivity contribution in [2.45, 2.75) is 24.9 Å². The Balaban J connectivity index is 1.33. The average Bonchev–Trinajstić information content (AvgIpc) is 3.11. The molecular weight excluding hydrogens is 624 g/mol. The zero-order valence-electron chi connectivity index (χ0n) is 27.2. The Bertz CT molecular complexity index is 1830. The van der Waals surface area contributed by atoms with Crippen LogP contribution in [0.2, 0.25) is 0 Å². The number of nitrogens with two attached hydrogens (primary N) is 2. The Kier molecular flexibility index (Phi) is 13.0. The molecule has 5 N–H and O–H groups in total. The Morgan fingerprint density at radius 1 is 0.633 bits per heavy atom. The Labute approximate surface area is 284 Å². The molecule has 4 aromatic carbocycles. The summed E-state index contributed by atoms with van der Waals surface area (Å²) >= 11 is 0. The number of ether oxygens (including phenoxy) is 4. The number of ketones is 1. The molecule has 10 nitrogen and oxygen atoms in total. The molecule has 0 aliphatic rings. The van der Waals surface area contributed by atoms with Crippen molar-refractivity contribution in [2.75, 3.05) is 14.2 Å². The Hall–Kier alpha value is -5.97. The van der Waals surface area contributed by atoms with E-state index in [0.717, 1.165) is 17.2 Å². The summed E-state index contributed by atoms with van der Waals surface area (Å²) in [5.74, 6) is -1.02. The summed E-state index contributed by atoms with van der Waals surface area (Å²) in [5.41, 5.74) is 15.1. The number of esters is 2. The molecule has 10 heteroatoms. The van der Waals surface area contributed by atoms with Gasteiger partial charge in [-0.1, -0.05) is 84.9 Å². The van der Waals surface area contributed by atoms with Gasteiger partial charge in [0.15, 0.2) is 28.8 Å². The molecule has 0 unspecified atom stereocenters. The Morgan fingerprint density at radius 3 is 1.49 bits per heavy atom. The number of hydrogen-bond donors (Lipinski definition) is 3. The van der Waals surface area contributed by atoms with Crippen LogP contribution in [0.3, 0.4) is 0 Å². The molecule has 0 aromatic heterocycles. The smallest absolute Gasteiger partial charge is 0.328 e. The number of carbonyl (C=O) groups is 3. The molecule has 0 saturated carbocycles. The van der Waals surface area contributed by atoms with Gasteiger partial charge in [-0.2, -0.15) is 0 Å². The second-order valence-corrected chi connectivity index (χ2v) is 10.9. The molecule has 4 rings (SSSR count). The fourth-order valence-electron chi connectivity index (χ4n) is 4.62. The van der Waals surface area contributed by atoms with Crippen molar-refractivity contribution in [1.29, 1.82) is 0 Å². The molecule has 0 amide bonds. The lowest BCUT2D eigenvalue weighted by Gasteiger charge is -2.14. The first kappa shape index (κ1) is 35.9. The molecule has 0 spiro atoms. The van der Waals surface area contributed by atoms with Crippen LogP contribution in [-0.4, -0.2) is 49.1 Å². The second kappa shape index (κ2) is 17.8. The van der Waals surface area contributed by atoms with Crippen LogP contribution in [0, 0.1) is 0 Å². The number of methoxy groups -OCH3 is 2. The maximum absolute atomic E-state index is 12.6. The molecule has 252 valence electrons. The third-order valence-electron chi connectivity index (χ3n) is 7.18. The van der Waals surface area contributed by atoms with Gasteiger partial charge in [-0.05, 0) is 71.5 Å². The molecule has 0 fully saturated rings. The molecule has 4 aromatic rings. The summed E-state index contributed by atoms with van der Waals surface area (Å²) in [6.45, 7) is 0. The van der Waals surface area contributed by atoms with Crippen LogP contribution >= 0.6 is 0 Å². The van der Waals surface area contributed by atoms with E-state index in [-0.39, 0.29) is 28.8 Å². The van der Waals surface area contributed by atoms with Crippen LogP contribution in [-0.2, 0) is 27.2 Å². The first-order valence-corrected chi connectivity index (χ1v) is 15.3. The summed E-state index contributed by atoms with van der Waals surface area (Å²) in [6.07, 6.45) is 7.41. The first-order valence-electron chi connectivity index (χ1n) is 15.3. The predicted molar refractivity (Wildman–Crippen MR) is 187 cm³/mol. The van der Waals surface area contributed by atoms with E-state index in [1.807, 2.05) is 60.7 Å². The van der Waals surface area contributed by atoms with Crippen LogP contribution in [0.1, 0.15) is 22.3 Å². The molecule has 0 heterocycles. The summed E-state index contributed by atoms with van der Waals surface area (Å²) in [4.78, 5) is 37.6. The van der Waals surface area contributed by atoms with E-state index in [1.54, 1.807) is 42.5 Å². The maximum Gasteiger partial charge on any atom is 0.328 e. The number of benzene rings is 4. The molecular formula is C39H38N2O8. The number of carbonyl (C=O) groups excluding carboxylic acids is 3. The van der Waals surface area contributed by atoms with Gasteiger partial charge in [0.05, 0.1) is 14.2 Å². The first-order chi connectivity index (χ1) is 23.6. The number of aliphatic hydroxyl groups is 1. The van der Waals surface area contributed by atoms with E-state index in [0.29, 0.717) is 24.0 Å². The van der Waals surface area contributed by atoms with E-state index < -0.39 is 29.8 Å². The van der Waals surface area contributed by atoms with Gasteiger partial charge >= 0.3 is 11.9 Å². The predicted octanol–water partition coefficient (Wildman–Crippen LogP) is 5.39. The Morgan fingerprint density at radius 2 is 1.06 bits per heavy atom. The topological polar surface area (TPSA) is 160 Å². The second-order valence-electron chi connectivity index (χ2n) is 10.9. The van der Waals surface area contributed by atoms with Crippen molar-refractivity contribution in [3.63, 3.8) is 0 Å². The van der Waals surface area contributed by atoms with Gasteiger partial charge in [0.25, 0.3) is 0 Å². The largest absolute Gasteiger partial charge is 0.508 e. The summed E-state index contributed by atoms with van der Waals surface area (Å²) < 4.78 is 21.7. The monoisotopic (exact) mass is 662 g/mol. The van der Waals surface area contributed by atoms with Gasteiger partial charge in [-0.3, -0.25) is 4.79 Å². The van der Waals surface area contributed by atoms with Crippen molar-refractivity contribution >= 4 is 29.9 Å². The van der Waals surface area contributed by atoms with E-state index in [2.05, 4.69) is 0 Å². The lowest BCUT2D eigenvalue weighted by molar-refractivity contribution is -0.136. The van der Waals surface area contributed by atoms with E-state index in [1.165, 1.54) is 32.4 Å². The minimum atomic E-state index is -0.862. The van der Waals surface area contributed by atoms with Crippen molar-refractivity contribution < 1.29 is 38.4 Å². The fraction of sp³-hybridized carbons (Fsp3) is 0.154. The van der Waals surface area contributed by atoms with Crippen molar-refractivity contribution in [2.24, 2.45) is 11.5 Å². The molecule has 2 atom stereocenters. The fourth-order valence-corrected chi connectivity index (χ4v) is 4.62. The molecule has 0 aliphatic carbocycles. The SMILES string of the molecule is COc1cc(/C=C/C(=O)/C=C(O)/C=C/c2ccc(OC(=O)[C@@H](N)Cc3ccccc3)c(OC)c2)ccc1OC(=O)[C@@H](N)Cc1ccccc1. The normalized spacial score (nSPS) is 12.8. The molecule has 0 aliphatic heterocycles. The minimum absolute atomic E-state index is 0.191. The van der Waals surface area contributed by atoms with Gasteiger partial charge in [0.1, 0.15) is 17.8 Å². The van der Waals surface area contributed by atoms with Crippen LogP contribution in [0.5, 0.6) is 23.0 Å². The highest BCUT2D eigenvalue weighted by Crippen LogP contribution is 2.30. The lowest BCUT2D eigenvalue weighted by atomic mass is 10.1. The van der Waals surface area contributed by atoms with Gasteiger partial charge in [-0.15, -0.1) is 0 Å². The van der Waals surface area contributed by atoms with Crippen molar-refractivity contribution in [1.82, 2.24) is 0 Å². The van der Waals surface area contributed by atoms with Gasteiger partial charge in [-0.25, -0.2) is 9.59 Å². The highest BCUT2D eigenvalue weighted by molar-refractivity contribution is 6.02. The quantitative estimate of drug-likeness (QED) is 0.0495. The van der Waals surface area contributed by atoms with Crippen LogP contribution in [0.15, 0.2) is 121 Å². The highest BCUT2D eigenvalue weighted by Gasteiger charge is 2.20. The summed E-state index contributed by atoms with van der Waals surface area (Å²) in [5, 5.41) is 10.3. The van der Waals surface area contributed by atoms with E-state index in [9.17, 15) is 19.5 Å². The zero-order valence-corrected chi connectivity index (χ0v) is 27.2. The number of aliphatic hydroxyl groups excluding tert-OH is 1. The van der Waals surface area contributed by atoms with Crippen molar-refractivity contribution in [3.05, 3.63) is 143 Å². The standard InChI is InChI=1S/C39H38N2O8/c1-46-36-23-28(15-19-34(36)48-38(44)32(40)21-26-9-5-3-6-10-26)13-17-30(42)25-31(43)18-14-29-16-20-35(37(24-29)47-2)49-39(45)33(41)22-27-11-7-4-8-12-27/h3-20,23-25,32-33,42H,21-22,40-41H2,1-2H3/b17-13+,18-14+,30-25-/t32-,33-/m0/s1. The zero-order chi connectivity index (χ0) is 35.2. The summed E-state index contributed by atoms with van der Waals surface area (Å²) in [6, 6.07) is 26.7. The molecule has 0 saturated heterocycles. The molecule has 49 heavy (non-hydrogen) atoms. The van der Waals surface area contributed by atoms with Crippen molar-refractivity contribution in [3.8, 4) is 23.0 Å². The van der Waals surface area contributed by atoms with Gasteiger partial charge < -0.3 is 35.5 Å². The average molecular weight is 663 g/mol. The number of rotatable bonds is 15.